The van der Waals surface area contributed by atoms with E-state index in [1.54, 1.807) is 13.8 Å². The minimum atomic E-state index is -4.39. The van der Waals surface area contributed by atoms with Crippen molar-refractivity contribution < 1.29 is 56.2 Å². The summed E-state index contributed by atoms with van der Waals surface area (Å²) in [5.74, 6) is -3.93. The van der Waals surface area contributed by atoms with E-state index in [0.29, 0.717) is 10.9 Å². The number of Topliss-reactive ketones (excluding diaryl/α,β-unsaturated/α-hetero) is 2. The topological polar surface area (TPSA) is 159 Å². The summed E-state index contributed by atoms with van der Waals surface area (Å²) in [5, 5.41) is 2.93. The molecule has 47 heavy (non-hydrogen) atoms. The van der Waals surface area contributed by atoms with E-state index >= 15 is 0 Å². The molecule has 1 aromatic heterocycles. The molecule has 4 atom stereocenters. The molecule has 4 rings (SSSR count). The third-order valence-electron chi connectivity index (χ3n) is 7.46. The number of nitrogens with zero attached hydrogens (tertiary/aromatic N) is 1. The maximum absolute atomic E-state index is 14.6. The van der Waals surface area contributed by atoms with E-state index in [1.165, 1.54) is 54.1 Å². The van der Waals surface area contributed by atoms with E-state index in [9.17, 15) is 37.4 Å². The maximum Gasteiger partial charge on any atom is 0.510 e. The molecule has 1 aliphatic carbocycles. The fraction of sp³-hybridized carbons (Fsp3) is 0.419. The second-order valence-electron chi connectivity index (χ2n) is 11.3. The first-order valence-corrected chi connectivity index (χ1v) is 16.7. The van der Waals surface area contributed by atoms with Crippen molar-refractivity contribution in [1.82, 2.24) is 9.88 Å². The summed E-state index contributed by atoms with van der Waals surface area (Å²) in [5.41, 5.74) is 0.788. The first-order valence-electron chi connectivity index (χ1n) is 14.6. The van der Waals surface area contributed by atoms with E-state index < -0.39 is 68.5 Å². The number of ketones is 2. The molecule has 12 nitrogen and oxygen atoms in total. The molecular weight excluding hydrogens is 665 g/mol. The second-order valence-corrected chi connectivity index (χ2v) is 13.5. The summed E-state index contributed by atoms with van der Waals surface area (Å²) in [7, 11) is -4.39. The van der Waals surface area contributed by atoms with Crippen LogP contribution in [0.2, 0.25) is 5.02 Å². The van der Waals surface area contributed by atoms with Crippen molar-refractivity contribution in [3.63, 3.8) is 0 Å². The lowest BCUT2D eigenvalue weighted by atomic mass is 9.91. The molecular formula is C31H34ClF2N2O10P. The van der Waals surface area contributed by atoms with Gasteiger partial charge in [-0.1, -0.05) is 23.7 Å². The van der Waals surface area contributed by atoms with Gasteiger partial charge in [-0.05, 0) is 51.8 Å². The quantitative estimate of drug-likeness (QED) is 0.0892. The molecule has 0 radical (unpaired) electrons. The number of halogens is 3. The zero-order valence-corrected chi connectivity index (χ0v) is 27.4. The molecule has 0 aliphatic heterocycles. The number of rotatable bonds is 14. The zero-order chi connectivity index (χ0) is 34.5. The van der Waals surface area contributed by atoms with E-state index in [2.05, 4.69) is 10.1 Å². The van der Waals surface area contributed by atoms with Gasteiger partial charge in [0, 0.05) is 41.2 Å². The Kier molecular flexibility index (Phi) is 11.8. The zero-order valence-electron chi connectivity index (χ0n) is 25.7. The van der Waals surface area contributed by atoms with Gasteiger partial charge in [-0.3, -0.25) is 23.5 Å². The summed E-state index contributed by atoms with van der Waals surface area (Å²) in [4.78, 5) is 60.4. The Morgan fingerprint density at radius 3 is 2.57 bits per heavy atom. The van der Waals surface area contributed by atoms with E-state index in [-0.39, 0.29) is 53.6 Å². The first kappa shape index (κ1) is 36.0. The molecule has 1 aliphatic rings. The lowest BCUT2D eigenvalue weighted by Crippen LogP contribution is -2.36. The molecule has 1 saturated carbocycles. The van der Waals surface area contributed by atoms with Crippen LogP contribution in [0, 0.1) is 17.7 Å². The SMILES string of the molecule is CC(=O)c1cn(CC(=O)C2C[C@H](F)C[C@H]2C(=O)NCc2cccc(Cl)c2F)c2cc(OCP(=O)(O)OCOC(=O)OC(C)C)ccc12. The Labute approximate surface area is 273 Å². The smallest absolute Gasteiger partial charge is 0.481 e. The highest BCUT2D eigenvalue weighted by Gasteiger charge is 2.42. The third kappa shape index (κ3) is 9.38. The number of hydrogen-bond acceptors (Lipinski definition) is 9. The van der Waals surface area contributed by atoms with E-state index in [1.807, 2.05) is 0 Å². The normalized spacial score (nSPS) is 18.9. The van der Waals surface area contributed by atoms with Crippen molar-refractivity contribution in [2.24, 2.45) is 11.8 Å². The standard InChI is InChI=1S/C31H34ClF2N2O10P/c1-17(2)46-31(40)43-15-45-47(41,42)16-44-21-7-8-22-25(18(3)37)13-36(27(22)11-21)14-28(38)23-9-20(33)10-24(23)30(39)35-12-19-5-4-6-26(32)29(19)34/h4-8,11,13,17,20,23-24H,9-10,12,14-16H2,1-3H3,(H,35,39)(H,41,42)/t20-,23?,24+/m0/s1. The Hall–Kier alpha value is -3.84. The van der Waals surface area contributed by atoms with Gasteiger partial charge in [0.1, 0.15) is 17.7 Å². The molecule has 0 saturated heterocycles. The summed E-state index contributed by atoms with van der Waals surface area (Å²) < 4.78 is 62.2. The first-order chi connectivity index (χ1) is 22.1. The summed E-state index contributed by atoms with van der Waals surface area (Å²) in [6, 6.07) is 8.78. The second kappa shape index (κ2) is 15.4. The molecule has 254 valence electrons. The van der Waals surface area contributed by atoms with Crippen LogP contribution in [-0.2, 0) is 41.2 Å². The van der Waals surface area contributed by atoms with E-state index in [4.69, 9.17) is 25.6 Å². The number of aromatic nitrogens is 1. The van der Waals surface area contributed by atoms with Crippen LogP contribution < -0.4 is 10.1 Å². The Morgan fingerprint density at radius 1 is 1.15 bits per heavy atom. The van der Waals surface area contributed by atoms with Crippen LogP contribution in [-0.4, -0.2) is 58.5 Å². The van der Waals surface area contributed by atoms with Gasteiger partial charge in [0.15, 0.2) is 17.9 Å². The number of amides is 1. The van der Waals surface area contributed by atoms with Gasteiger partial charge in [-0.2, -0.15) is 0 Å². The van der Waals surface area contributed by atoms with Crippen molar-refractivity contribution in [2.45, 2.75) is 59.0 Å². The van der Waals surface area contributed by atoms with Crippen molar-refractivity contribution in [2.75, 3.05) is 13.1 Å². The molecule has 1 heterocycles. The van der Waals surface area contributed by atoms with Crippen LogP contribution in [0.3, 0.4) is 0 Å². The number of ether oxygens (including phenoxy) is 3. The number of fused-ring (bicyclic) bond motifs is 1. The average Bonchev–Trinajstić information content (AvgIpc) is 3.57. The van der Waals surface area contributed by atoms with Gasteiger partial charge in [0.25, 0.3) is 0 Å². The Balaban J connectivity index is 1.45. The number of benzene rings is 2. The highest BCUT2D eigenvalue weighted by molar-refractivity contribution is 7.52. The number of carbonyl (C=O) groups excluding carboxylic acids is 4. The van der Waals surface area contributed by atoms with Gasteiger partial charge in [0.05, 0.1) is 29.1 Å². The summed E-state index contributed by atoms with van der Waals surface area (Å²) in [6.45, 7) is 3.16. The van der Waals surface area contributed by atoms with Crippen LogP contribution in [0.5, 0.6) is 5.75 Å². The van der Waals surface area contributed by atoms with Crippen molar-refractivity contribution in [3.8, 4) is 5.75 Å². The number of carbonyl (C=O) groups is 4. The van der Waals surface area contributed by atoms with Crippen LogP contribution >= 0.6 is 19.2 Å². The number of nitrogens with one attached hydrogen (secondary N) is 1. The summed E-state index contributed by atoms with van der Waals surface area (Å²) in [6.07, 6.45) is -2.67. The molecule has 1 fully saturated rings. The molecule has 2 N–H and O–H groups in total. The third-order valence-corrected chi connectivity index (χ3v) is 8.71. The van der Waals surface area contributed by atoms with Crippen LogP contribution in [0.1, 0.15) is 49.5 Å². The lowest BCUT2D eigenvalue weighted by Gasteiger charge is -2.19. The highest BCUT2D eigenvalue weighted by Crippen LogP contribution is 2.42. The van der Waals surface area contributed by atoms with Crippen molar-refractivity contribution in [3.05, 3.63) is 64.6 Å². The van der Waals surface area contributed by atoms with Gasteiger partial charge < -0.3 is 29.0 Å². The minimum absolute atomic E-state index is 0.0904. The summed E-state index contributed by atoms with van der Waals surface area (Å²) >= 11 is 5.81. The predicted molar refractivity (Wildman–Crippen MR) is 165 cm³/mol. The van der Waals surface area contributed by atoms with Crippen molar-refractivity contribution >= 4 is 53.7 Å². The number of hydrogen-bond donors (Lipinski definition) is 2. The highest BCUT2D eigenvalue weighted by atomic mass is 35.5. The Morgan fingerprint density at radius 2 is 1.87 bits per heavy atom. The fourth-order valence-corrected chi connectivity index (χ4v) is 6.05. The number of alkyl halides is 1. The maximum atomic E-state index is 14.6. The molecule has 0 spiro atoms. The predicted octanol–water partition coefficient (Wildman–Crippen LogP) is 5.94. The van der Waals surface area contributed by atoms with Crippen LogP contribution in [0.4, 0.5) is 13.6 Å². The molecule has 16 heteroatoms. The Bertz CT molecular complexity index is 1710. The minimum Gasteiger partial charge on any atom is -0.481 e. The molecule has 2 unspecified atom stereocenters. The van der Waals surface area contributed by atoms with Gasteiger partial charge in [-0.25, -0.2) is 13.6 Å². The van der Waals surface area contributed by atoms with Crippen molar-refractivity contribution in [1.29, 1.82) is 0 Å². The monoisotopic (exact) mass is 698 g/mol. The molecule has 3 aromatic rings. The largest absolute Gasteiger partial charge is 0.510 e. The molecule has 0 bridgehead atoms. The van der Waals surface area contributed by atoms with Crippen LogP contribution in [0.15, 0.2) is 42.6 Å². The molecule has 2 aromatic carbocycles. The lowest BCUT2D eigenvalue weighted by molar-refractivity contribution is -0.132. The van der Waals surface area contributed by atoms with Gasteiger partial charge >= 0.3 is 13.8 Å². The fourth-order valence-electron chi connectivity index (χ4n) is 5.25. The van der Waals surface area contributed by atoms with Gasteiger partial charge in [0.2, 0.25) is 12.7 Å². The van der Waals surface area contributed by atoms with Crippen LogP contribution in [0.25, 0.3) is 10.9 Å². The average molecular weight is 699 g/mol. The van der Waals surface area contributed by atoms with Gasteiger partial charge in [-0.15, -0.1) is 0 Å². The molecule has 1 amide bonds. The van der Waals surface area contributed by atoms with E-state index in [0.717, 1.165) is 0 Å².